The third kappa shape index (κ3) is 4.64. The van der Waals surface area contributed by atoms with Gasteiger partial charge >= 0.3 is 6.18 Å². The molecule has 104 valence electrons. The Balaban J connectivity index is 2.60. The van der Waals surface area contributed by atoms with Gasteiger partial charge in [-0.3, -0.25) is 0 Å². The number of rotatable bonds is 7. The van der Waals surface area contributed by atoms with Crippen LogP contribution >= 0.6 is 0 Å². The summed E-state index contributed by atoms with van der Waals surface area (Å²) in [5.74, 6) is -1.17. The van der Waals surface area contributed by atoms with Gasteiger partial charge in [-0.05, 0) is 19.4 Å². The summed E-state index contributed by atoms with van der Waals surface area (Å²) in [6, 6.07) is 0.0801. The highest BCUT2D eigenvalue weighted by atomic mass is 19.4. The first kappa shape index (κ1) is 14.9. The molecule has 0 amide bonds. The molecule has 0 saturated carbocycles. The van der Waals surface area contributed by atoms with Gasteiger partial charge in [-0.15, -0.1) is 0 Å². The summed E-state index contributed by atoms with van der Waals surface area (Å²) < 4.78 is 41.5. The minimum atomic E-state index is -4.54. The van der Waals surface area contributed by atoms with Gasteiger partial charge < -0.3 is 9.84 Å². The first-order valence-electron chi connectivity index (χ1n) is 6.10. The summed E-state index contributed by atoms with van der Waals surface area (Å²) in [5, 5.41) is 6.20. The summed E-state index contributed by atoms with van der Waals surface area (Å²) in [7, 11) is 0. The second-order valence-corrected chi connectivity index (χ2v) is 4.15. The molecule has 0 aliphatic rings. The number of aromatic nitrogens is 2. The molecule has 0 saturated heterocycles. The van der Waals surface area contributed by atoms with Crippen molar-refractivity contribution in [1.29, 1.82) is 0 Å². The maximum absolute atomic E-state index is 12.3. The lowest BCUT2D eigenvalue weighted by atomic mass is 10.1. The Labute approximate surface area is 104 Å². The van der Waals surface area contributed by atoms with E-state index in [9.17, 15) is 13.2 Å². The minimum absolute atomic E-state index is 0.0318. The van der Waals surface area contributed by atoms with Gasteiger partial charge in [0.2, 0.25) is 5.89 Å². The van der Waals surface area contributed by atoms with E-state index in [4.69, 9.17) is 0 Å². The van der Waals surface area contributed by atoms with Crippen molar-refractivity contribution in [2.24, 2.45) is 0 Å². The molecule has 7 heteroatoms. The number of nitrogens with zero attached hydrogens (tertiary/aromatic N) is 2. The van der Waals surface area contributed by atoms with E-state index in [1.54, 1.807) is 0 Å². The van der Waals surface area contributed by atoms with Gasteiger partial charge in [-0.25, -0.2) is 0 Å². The van der Waals surface area contributed by atoms with Gasteiger partial charge in [-0.2, -0.15) is 18.2 Å². The lowest BCUT2D eigenvalue weighted by Gasteiger charge is -2.15. The summed E-state index contributed by atoms with van der Waals surface area (Å²) in [4.78, 5) is 3.37. The summed E-state index contributed by atoms with van der Waals surface area (Å²) in [6.45, 7) is 4.88. The molecule has 1 N–H and O–H groups in total. The van der Waals surface area contributed by atoms with Crippen LogP contribution in [-0.2, 0) is 12.6 Å². The van der Waals surface area contributed by atoms with Crippen molar-refractivity contribution < 1.29 is 17.7 Å². The fraction of sp³-hybridized carbons (Fsp3) is 0.818. The van der Waals surface area contributed by atoms with Gasteiger partial charge in [0, 0.05) is 12.5 Å². The predicted molar refractivity (Wildman–Crippen MR) is 60.0 cm³/mol. The van der Waals surface area contributed by atoms with E-state index in [-0.39, 0.29) is 11.9 Å². The Morgan fingerprint density at radius 2 is 2.00 bits per heavy atom. The molecular weight excluding hydrogens is 247 g/mol. The lowest BCUT2D eigenvalue weighted by Crippen LogP contribution is -2.31. The monoisotopic (exact) mass is 265 g/mol. The molecule has 0 spiro atoms. The van der Waals surface area contributed by atoms with Crippen molar-refractivity contribution >= 4 is 0 Å². The van der Waals surface area contributed by atoms with Crippen molar-refractivity contribution in [1.82, 2.24) is 15.5 Å². The molecule has 18 heavy (non-hydrogen) atoms. The zero-order valence-corrected chi connectivity index (χ0v) is 10.5. The summed E-state index contributed by atoms with van der Waals surface area (Å²) in [6.07, 6.45) is -1.43. The van der Waals surface area contributed by atoms with E-state index in [1.807, 2.05) is 13.8 Å². The van der Waals surface area contributed by atoms with Gasteiger partial charge in [0.15, 0.2) is 0 Å². The number of halogens is 3. The molecule has 1 aromatic rings. The Morgan fingerprint density at radius 3 is 2.50 bits per heavy atom. The van der Waals surface area contributed by atoms with Crippen LogP contribution in [0.15, 0.2) is 4.52 Å². The molecule has 1 unspecified atom stereocenters. The van der Waals surface area contributed by atoms with E-state index in [0.29, 0.717) is 6.42 Å². The van der Waals surface area contributed by atoms with Crippen LogP contribution in [0.3, 0.4) is 0 Å². The first-order valence-corrected chi connectivity index (χ1v) is 6.10. The largest absolute Gasteiger partial charge is 0.455 e. The molecule has 1 aromatic heterocycles. The van der Waals surface area contributed by atoms with E-state index in [2.05, 4.69) is 20.0 Å². The normalized spacial score (nSPS) is 13.8. The highest BCUT2D eigenvalue weighted by molar-refractivity contribution is 4.93. The van der Waals surface area contributed by atoms with Crippen LogP contribution in [0.2, 0.25) is 0 Å². The number of nitrogens with one attached hydrogen (secondary N) is 1. The maximum Gasteiger partial charge on any atom is 0.455 e. The van der Waals surface area contributed by atoms with E-state index >= 15 is 0 Å². The molecule has 0 bridgehead atoms. The van der Waals surface area contributed by atoms with Gasteiger partial charge in [-0.1, -0.05) is 25.4 Å². The maximum atomic E-state index is 12.3. The van der Waals surface area contributed by atoms with Crippen molar-refractivity contribution in [3.05, 3.63) is 11.7 Å². The van der Waals surface area contributed by atoms with Crippen molar-refractivity contribution in [3.8, 4) is 0 Å². The second-order valence-electron chi connectivity index (χ2n) is 4.15. The quantitative estimate of drug-likeness (QED) is 0.823. The van der Waals surface area contributed by atoms with Crippen molar-refractivity contribution in [2.75, 3.05) is 6.54 Å². The SMILES string of the molecule is CCCNC(CCC)Cc1nc(C(F)(F)F)no1. The minimum Gasteiger partial charge on any atom is -0.339 e. The smallest absolute Gasteiger partial charge is 0.339 e. The molecule has 1 rings (SSSR count). The summed E-state index contributed by atoms with van der Waals surface area (Å²) in [5.41, 5.74) is 0. The molecule has 0 fully saturated rings. The van der Waals surface area contributed by atoms with E-state index < -0.39 is 12.0 Å². The van der Waals surface area contributed by atoms with Crippen LogP contribution in [0, 0.1) is 0 Å². The standard InChI is InChI=1S/C11H18F3N3O/c1-3-5-8(15-6-4-2)7-9-16-10(17-18-9)11(12,13)14/h8,15H,3-7H2,1-2H3. The van der Waals surface area contributed by atoms with Gasteiger partial charge in [0.25, 0.3) is 5.82 Å². The lowest BCUT2D eigenvalue weighted by molar-refractivity contribution is -0.146. The molecule has 4 nitrogen and oxygen atoms in total. The predicted octanol–water partition coefficient (Wildman–Crippen LogP) is 2.80. The molecular formula is C11H18F3N3O. The molecule has 0 aliphatic heterocycles. The van der Waals surface area contributed by atoms with Crippen molar-refractivity contribution in [2.45, 2.75) is 51.7 Å². The third-order valence-corrected chi connectivity index (χ3v) is 2.46. The number of hydrogen-bond acceptors (Lipinski definition) is 4. The molecule has 0 radical (unpaired) electrons. The highest BCUT2D eigenvalue weighted by Crippen LogP contribution is 2.26. The molecule has 1 atom stereocenters. The fourth-order valence-corrected chi connectivity index (χ4v) is 1.64. The zero-order chi connectivity index (χ0) is 13.6. The Hall–Kier alpha value is -1.11. The topological polar surface area (TPSA) is 51.0 Å². The van der Waals surface area contributed by atoms with Crippen LogP contribution in [-0.4, -0.2) is 22.7 Å². The van der Waals surface area contributed by atoms with Crippen LogP contribution in [0.25, 0.3) is 0 Å². The Morgan fingerprint density at radius 1 is 1.28 bits per heavy atom. The van der Waals surface area contributed by atoms with Gasteiger partial charge in [0.1, 0.15) is 0 Å². The molecule has 0 aromatic carbocycles. The average molecular weight is 265 g/mol. The second kappa shape index (κ2) is 6.72. The van der Waals surface area contributed by atoms with E-state index in [1.165, 1.54) is 0 Å². The number of alkyl halides is 3. The third-order valence-electron chi connectivity index (χ3n) is 2.46. The Bertz CT molecular complexity index is 352. The zero-order valence-electron chi connectivity index (χ0n) is 10.5. The first-order chi connectivity index (χ1) is 8.47. The average Bonchev–Trinajstić information content (AvgIpc) is 2.74. The molecule has 0 aliphatic carbocycles. The van der Waals surface area contributed by atoms with Crippen LogP contribution in [0.1, 0.15) is 44.8 Å². The fourth-order valence-electron chi connectivity index (χ4n) is 1.64. The molecule has 1 heterocycles. The van der Waals surface area contributed by atoms with Crippen LogP contribution in [0.5, 0.6) is 0 Å². The number of hydrogen-bond donors (Lipinski definition) is 1. The van der Waals surface area contributed by atoms with Crippen LogP contribution in [0.4, 0.5) is 13.2 Å². The van der Waals surface area contributed by atoms with Gasteiger partial charge in [0.05, 0.1) is 0 Å². The van der Waals surface area contributed by atoms with Crippen LogP contribution < -0.4 is 5.32 Å². The summed E-state index contributed by atoms with van der Waals surface area (Å²) >= 11 is 0. The van der Waals surface area contributed by atoms with E-state index in [0.717, 1.165) is 25.8 Å². The van der Waals surface area contributed by atoms with Crippen molar-refractivity contribution in [3.63, 3.8) is 0 Å². The highest BCUT2D eigenvalue weighted by Gasteiger charge is 2.37. The Kier molecular flexibility index (Phi) is 5.58.